The van der Waals surface area contributed by atoms with E-state index >= 15 is 0 Å². The van der Waals surface area contributed by atoms with Crippen LogP contribution in [0.25, 0.3) is 43.2 Å². The molecule has 51 heavy (non-hydrogen) atoms. The van der Waals surface area contributed by atoms with Crippen LogP contribution >= 0.6 is 11.3 Å². The SMILES string of the molecule is CC(C)Cc1cc2ccc(-c3ccnc(-c4[c-]c5ccccc5c(C(C)(C)C)c4)c3)cc2s1.CCC(C)(CC)C(=O)/C=C(\O)C(C)(CC)CC.[Ir]. The van der Waals surface area contributed by atoms with Crippen molar-refractivity contribution < 1.29 is 30.0 Å². The van der Waals surface area contributed by atoms with E-state index in [-0.39, 0.29) is 47.9 Å². The van der Waals surface area contributed by atoms with Gasteiger partial charge in [0.15, 0.2) is 5.78 Å². The van der Waals surface area contributed by atoms with Gasteiger partial charge in [0.25, 0.3) is 0 Å². The zero-order chi connectivity index (χ0) is 36.9. The number of ketones is 1. The summed E-state index contributed by atoms with van der Waals surface area (Å²) in [5.41, 5.74) is 5.22. The molecule has 275 valence electrons. The van der Waals surface area contributed by atoms with Gasteiger partial charge in [-0.05, 0) is 78.1 Å². The van der Waals surface area contributed by atoms with Crippen LogP contribution in [0.3, 0.4) is 0 Å². The van der Waals surface area contributed by atoms with E-state index in [4.69, 9.17) is 4.98 Å². The predicted octanol–water partition coefficient (Wildman–Crippen LogP) is 13.7. The van der Waals surface area contributed by atoms with Crippen molar-refractivity contribution in [2.45, 2.75) is 114 Å². The Bertz CT molecular complexity index is 1950. The van der Waals surface area contributed by atoms with E-state index in [0.717, 1.165) is 48.7 Å². The number of thiophene rings is 1. The van der Waals surface area contributed by atoms with Gasteiger partial charge >= 0.3 is 0 Å². The van der Waals surface area contributed by atoms with Gasteiger partial charge in [0.2, 0.25) is 0 Å². The van der Waals surface area contributed by atoms with Crippen LogP contribution < -0.4 is 0 Å². The van der Waals surface area contributed by atoms with Crippen molar-refractivity contribution in [3.05, 3.63) is 101 Å². The molecular formula is C46H58IrNO2S-. The number of aliphatic hydroxyl groups is 1. The normalized spacial score (nSPS) is 12.5. The van der Waals surface area contributed by atoms with E-state index in [0.29, 0.717) is 5.92 Å². The largest absolute Gasteiger partial charge is 0.512 e. The van der Waals surface area contributed by atoms with Crippen LogP contribution in [0.2, 0.25) is 0 Å². The van der Waals surface area contributed by atoms with Crippen molar-refractivity contribution in [3.8, 4) is 22.4 Å². The molecule has 5 heteroatoms. The third kappa shape index (κ3) is 10.1. The molecule has 0 saturated carbocycles. The summed E-state index contributed by atoms with van der Waals surface area (Å²) in [7, 11) is 0. The Hall–Kier alpha value is -3.11. The van der Waals surface area contributed by atoms with Crippen LogP contribution in [0.5, 0.6) is 0 Å². The maximum Gasteiger partial charge on any atom is 0.164 e. The Morgan fingerprint density at radius 3 is 2.08 bits per heavy atom. The van der Waals surface area contributed by atoms with E-state index in [9.17, 15) is 9.90 Å². The second-order valence-corrected chi connectivity index (χ2v) is 17.0. The third-order valence-corrected chi connectivity index (χ3v) is 11.9. The minimum atomic E-state index is -0.337. The van der Waals surface area contributed by atoms with Crippen molar-refractivity contribution in [2.75, 3.05) is 0 Å². The van der Waals surface area contributed by atoms with Gasteiger partial charge in [-0.1, -0.05) is 124 Å². The minimum Gasteiger partial charge on any atom is -0.512 e. The van der Waals surface area contributed by atoms with Crippen molar-refractivity contribution >= 4 is 38.0 Å². The van der Waals surface area contributed by atoms with E-state index < -0.39 is 0 Å². The molecule has 0 aliphatic heterocycles. The van der Waals surface area contributed by atoms with Gasteiger partial charge in [-0.25, -0.2) is 0 Å². The van der Waals surface area contributed by atoms with Gasteiger partial charge in [-0.3, -0.25) is 9.78 Å². The molecule has 2 aromatic heterocycles. The number of rotatable bonds is 11. The van der Waals surface area contributed by atoms with Crippen LogP contribution in [0.4, 0.5) is 0 Å². The first-order valence-electron chi connectivity index (χ1n) is 18.5. The van der Waals surface area contributed by atoms with Crippen molar-refractivity contribution in [2.24, 2.45) is 16.7 Å². The molecule has 2 heterocycles. The number of aliphatic hydroxyl groups excluding tert-OH is 1. The molecule has 0 bridgehead atoms. The number of aromatic nitrogens is 1. The van der Waals surface area contributed by atoms with Gasteiger partial charge in [0.1, 0.15) is 5.76 Å². The number of hydrogen-bond donors (Lipinski definition) is 1. The Morgan fingerprint density at radius 1 is 0.843 bits per heavy atom. The van der Waals surface area contributed by atoms with E-state index in [2.05, 4.69) is 107 Å². The van der Waals surface area contributed by atoms with Crippen LogP contribution in [0.1, 0.15) is 112 Å². The molecule has 0 spiro atoms. The monoisotopic (exact) mass is 881 g/mol. The molecular weight excluding hydrogens is 823 g/mol. The molecule has 1 N–H and O–H groups in total. The number of fused-ring (bicyclic) bond motifs is 2. The summed E-state index contributed by atoms with van der Waals surface area (Å²) in [6, 6.07) is 27.9. The van der Waals surface area contributed by atoms with Crippen molar-refractivity contribution in [3.63, 3.8) is 0 Å². The average Bonchev–Trinajstić information content (AvgIpc) is 3.51. The zero-order valence-electron chi connectivity index (χ0n) is 32.7. The number of carbonyl (C=O) groups excluding carboxylic acids is 1. The summed E-state index contributed by atoms with van der Waals surface area (Å²) < 4.78 is 1.36. The molecule has 0 amide bonds. The number of carbonyl (C=O) groups is 1. The molecule has 5 aromatic rings. The average molecular weight is 881 g/mol. The fraction of sp³-hybridized carbons (Fsp3) is 0.435. The predicted molar refractivity (Wildman–Crippen MR) is 217 cm³/mol. The van der Waals surface area contributed by atoms with E-state index in [1.54, 1.807) is 0 Å². The van der Waals surface area contributed by atoms with E-state index in [1.807, 2.05) is 59.1 Å². The molecule has 0 saturated heterocycles. The number of nitrogens with zero attached hydrogens (tertiary/aromatic N) is 1. The van der Waals surface area contributed by atoms with Gasteiger partial charge in [0.05, 0.1) is 0 Å². The molecule has 0 aliphatic rings. The van der Waals surface area contributed by atoms with Crippen molar-refractivity contribution in [1.82, 2.24) is 4.98 Å². The molecule has 0 fully saturated rings. The summed E-state index contributed by atoms with van der Waals surface area (Å²) in [6.07, 6.45) is 7.82. The fourth-order valence-electron chi connectivity index (χ4n) is 6.20. The zero-order valence-corrected chi connectivity index (χ0v) is 35.9. The summed E-state index contributed by atoms with van der Waals surface area (Å²) >= 11 is 1.92. The Labute approximate surface area is 325 Å². The number of benzene rings is 3. The molecule has 5 rings (SSSR count). The van der Waals surface area contributed by atoms with Crippen LogP contribution in [0, 0.1) is 22.8 Å². The first-order chi connectivity index (χ1) is 23.6. The third-order valence-electron chi connectivity index (χ3n) is 10.7. The topological polar surface area (TPSA) is 50.2 Å². The Morgan fingerprint density at radius 2 is 1.47 bits per heavy atom. The number of hydrogen-bond acceptors (Lipinski definition) is 4. The van der Waals surface area contributed by atoms with Gasteiger partial charge in [0, 0.05) is 58.5 Å². The molecule has 0 unspecified atom stereocenters. The van der Waals surface area contributed by atoms with E-state index in [1.165, 1.54) is 43.1 Å². The quantitative estimate of drug-likeness (QED) is 0.0817. The maximum atomic E-state index is 12.2. The molecule has 0 aliphatic carbocycles. The van der Waals surface area contributed by atoms with Gasteiger partial charge in [-0.15, -0.1) is 40.5 Å². The van der Waals surface area contributed by atoms with Crippen LogP contribution in [-0.2, 0) is 36.7 Å². The van der Waals surface area contributed by atoms with Crippen LogP contribution in [-0.4, -0.2) is 15.9 Å². The van der Waals surface area contributed by atoms with Crippen molar-refractivity contribution in [1.29, 1.82) is 0 Å². The summed E-state index contributed by atoms with van der Waals surface area (Å²) in [5, 5.41) is 13.9. The summed E-state index contributed by atoms with van der Waals surface area (Å²) in [6.45, 7) is 23.5. The number of allylic oxidation sites excluding steroid dienone is 2. The summed E-state index contributed by atoms with van der Waals surface area (Å²) in [5.74, 6) is 0.963. The smallest absolute Gasteiger partial charge is 0.164 e. The standard InChI is InChI=1S/C31H30NS.C15H28O2.Ir/c1-20(2)14-26-16-24-11-10-21(19-30(24)33-26)22-12-13-32-29(18-22)25-15-23-8-6-7-9-27(23)28(17-25)31(3,4)5;1-7-14(5,8-2)12(16)11-13(17)15(6,9-3)10-4;/h6-13,16-20H,14H2,1-5H3;11,16H,7-10H2,1-6H3;/q-1;;/b;12-11-;. The Balaban J connectivity index is 0.000000335. The first kappa shape index (κ1) is 42.3. The Kier molecular flexibility index (Phi) is 14.6. The second-order valence-electron chi connectivity index (χ2n) is 15.8. The molecule has 3 nitrogen and oxygen atoms in total. The van der Waals surface area contributed by atoms with Crippen LogP contribution in [0.15, 0.2) is 84.8 Å². The minimum absolute atomic E-state index is 0. The first-order valence-corrected chi connectivity index (χ1v) is 19.3. The molecule has 3 aromatic carbocycles. The molecule has 1 radical (unpaired) electrons. The van der Waals surface area contributed by atoms with Gasteiger partial charge < -0.3 is 5.11 Å². The maximum absolute atomic E-state index is 12.2. The van der Waals surface area contributed by atoms with Gasteiger partial charge in [-0.2, -0.15) is 0 Å². The number of pyridine rings is 1. The second kappa shape index (κ2) is 17.6. The fourth-order valence-corrected chi connectivity index (χ4v) is 7.51. The molecule has 0 atom stereocenters. The summed E-state index contributed by atoms with van der Waals surface area (Å²) in [4.78, 5) is 18.4.